The Morgan fingerprint density at radius 3 is 2.75 bits per heavy atom. The molecule has 0 fully saturated rings. The summed E-state index contributed by atoms with van der Waals surface area (Å²) in [5.41, 5.74) is 7.08. The molecule has 1 aromatic heterocycles. The van der Waals surface area contributed by atoms with Crippen molar-refractivity contribution >= 4 is 17.3 Å². The lowest BCUT2D eigenvalue weighted by Crippen LogP contribution is -2.20. The Morgan fingerprint density at radius 1 is 1.30 bits per heavy atom. The summed E-state index contributed by atoms with van der Waals surface area (Å²) in [6, 6.07) is 10.9. The number of para-hydroxylation sites is 1. The van der Waals surface area contributed by atoms with Gasteiger partial charge in [-0.3, -0.25) is 0 Å². The molecule has 1 aromatic carbocycles. The van der Waals surface area contributed by atoms with Crippen LogP contribution in [0.1, 0.15) is 5.56 Å². The number of pyridine rings is 1. The maximum atomic E-state index is 8.87. The first-order valence-corrected chi connectivity index (χ1v) is 5.98. The average Bonchev–Trinajstić information content (AvgIpc) is 2.53. The summed E-state index contributed by atoms with van der Waals surface area (Å²) >= 11 is 0. The normalized spacial score (nSPS) is 11.2. The van der Waals surface area contributed by atoms with Crippen LogP contribution < -0.4 is 15.4 Å². The van der Waals surface area contributed by atoms with Crippen LogP contribution >= 0.6 is 0 Å². The van der Waals surface area contributed by atoms with E-state index in [4.69, 9.17) is 15.7 Å². The fourth-order valence-electron chi connectivity index (χ4n) is 1.94. The Balaban J connectivity index is 2.51. The molecular weight excluding hydrogens is 256 g/mol. The van der Waals surface area contributed by atoms with Crippen molar-refractivity contribution in [3.05, 3.63) is 48.2 Å². The molecule has 0 aliphatic rings. The van der Waals surface area contributed by atoms with Gasteiger partial charge in [0.15, 0.2) is 17.4 Å². The number of rotatable bonds is 4. The number of ether oxygens (including phenoxy) is 1. The van der Waals surface area contributed by atoms with Gasteiger partial charge in [-0.05, 0) is 24.3 Å². The van der Waals surface area contributed by atoms with E-state index in [1.165, 1.54) is 0 Å². The van der Waals surface area contributed by atoms with Crippen LogP contribution in [0.3, 0.4) is 0 Å². The zero-order valence-electron chi connectivity index (χ0n) is 11.3. The first-order chi connectivity index (χ1) is 9.69. The number of hydrogen-bond donors (Lipinski definition) is 2. The summed E-state index contributed by atoms with van der Waals surface area (Å²) in [7, 11) is 3.43. The highest BCUT2D eigenvalue weighted by Crippen LogP contribution is 2.31. The van der Waals surface area contributed by atoms with Crippen molar-refractivity contribution < 1.29 is 9.94 Å². The molecule has 0 saturated carbocycles. The van der Waals surface area contributed by atoms with Crippen molar-refractivity contribution in [2.45, 2.75) is 0 Å². The molecule has 0 saturated heterocycles. The highest BCUT2D eigenvalue weighted by Gasteiger charge is 2.15. The number of oxime groups is 1. The molecule has 1 heterocycles. The van der Waals surface area contributed by atoms with Crippen molar-refractivity contribution in [3.63, 3.8) is 0 Å². The third-order valence-electron chi connectivity index (χ3n) is 2.94. The Hall–Kier alpha value is -2.76. The summed E-state index contributed by atoms with van der Waals surface area (Å²) < 4.78 is 5.30. The van der Waals surface area contributed by atoms with E-state index in [9.17, 15) is 0 Å². The van der Waals surface area contributed by atoms with E-state index in [0.717, 1.165) is 5.69 Å². The molecule has 3 N–H and O–H groups in total. The van der Waals surface area contributed by atoms with Crippen LogP contribution in [0.2, 0.25) is 0 Å². The molecule has 6 heteroatoms. The van der Waals surface area contributed by atoms with E-state index in [0.29, 0.717) is 17.1 Å². The topological polar surface area (TPSA) is 84.0 Å². The van der Waals surface area contributed by atoms with E-state index in [2.05, 4.69) is 10.1 Å². The highest BCUT2D eigenvalue weighted by atomic mass is 16.5. The monoisotopic (exact) mass is 272 g/mol. The third-order valence-corrected chi connectivity index (χ3v) is 2.94. The molecule has 0 unspecified atom stereocenters. The van der Waals surface area contributed by atoms with Gasteiger partial charge in [0.05, 0.1) is 12.8 Å². The largest absolute Gasteiger partial charge is 0.493 e. The zero-order valence-corrected chi connectivity index (χ0v) is 11.3. The van der Waals surface area contributed by atoms with Crippen LogP contribution in [0.25, 0.3) is 0 Å². The number of nitrogens with zero attached hydrogens (tertiary/aromatic N) is 3. The number of amidine groups is 1. The van der Waals surface area contributed by atoms with Crippen molar-refractivity contribution in [3.8, 4) is 5.75 Å². The Kier molecular flexibility index (Phi) is 4.05. The van der Waals surface area contributed by atoms with E-state index in [1.807, 2.05) is 36.2 Å². The third kappa shape index (κ3) is 2.49. The van der Waals surface area contributed by atoms with E-state index >= 15 is 0 Å². The predicted octanol–water partition coefficient (Wildman–Crippen LogP) is 1.95. The quantitative estimate of drug-likeness (QED) is 0.384. The molecular formula is C14H16N4O2. The second-order valence-corrected chi connectivity index (χ2v) is 4.09. The Morgan fingerprint density at radius 2 is 2.05 bits per heavy atom. The van der Waals surface area contributed by atoms with Crippen LogP contribution in [-0.4, -0.2) is 30.2 Å². The molecule has 0 atom stereocenters. The number of methoxy groups -OCH3 is 1. The zero-order chi connectivity index (χ0) is 14.5. The van der Waals surface area contributed by atoms with Gasteiger partial charge >= 0.3 is 0 Å². The SMILES string of the molecule is COc1cccnc1N(C)c1ccccc1/C(N)=N/O. The lowest BCUT2D eigenvalue weighted by Gasteiger charge is -2.22. The minimum Gasteiger partial charge on any atom is -0.493 e. The molecule has 0 aliphatic carbocycles. The lowest BCUT2D eigenvalue weighted by atomic mass is 10.1. The van der Waals surface area contributed by atoms with Gasteiger partial charge in [0.1, 0.15) is 0 Å². The number of anilines is 2. The molecule has 2 aromatic rings. The fourth-order valence-corrected chi connectivity index (χ4v) is 1.94. The molecule has 0 spiro atoms. The minimum absolute atomic E-state index is 0.0438. The molecule has 104 valence electrons. The van der Waals surface area contributed by atoms with Crippen molar-refractivity contribution in [2.75, 3.05) is 19.1 Å². The maximum Gasteiger partial charge on any atom is 0.175 e. The number of hydrogen-bond acceptors (Lipinski definition) is 5. The summed E-state index contributed by atoms with van der Waals surface area (Å²) in [6.07, 6.45) is 1.68. The number of nitrogens with two attached hydrogens (primary N) is 1. The summed E-state index contributed by atoms with van der Waals surface area (Å²) in [5, 5.41) is 11.9. The van der Waals surface area contributed by atoms with Gasteiger partial charge in [0.25, 0.3) is 0 Å². The van der Waals surface area contributed by atoms with Crippen molar-refractivity contribution in [2.24, 2.45) is 10.9 Å². The molecule has 0 amide bonds. The molecule has 0 radical (unpaired) electrons. The smallest absolute Gasteiger partial charge is 0.175 e. The molecule has 0 aliphatic heterocycles. The van der Waals surface area contributed by atoms with Gasteiger partial charge < -0.3 is 20.6 Å². The minimum atomic E-state index is 0.0438. The van der Waals surface area contributed by atoms with Gasteiger partial charge in [-0.15, -0.1) is 0 Å². The van der Waals surface area contributed by atoms with Gasteiger partial charge in [0.2, 0.25) is 0 Å². The second-order valence-electron chi connectivity index (χ2n) is 4.09. The molecule has 20 heavy (non-hydrogen) atoms. The number of benzene rings is 1. The average molecular weight is 272 g/mol. The second kappa shape index (κ2) is 5.92. The van der Waals surface area contributed by atoms with Crippen LogP contribution in [0.15, 0.2) is 47.8 Å². The predicted molar refractivity (Wildman–Crippen MR) is 77.8 cm³/mol. The molecule has 6 nitrogen and oxygen atoms in total. The van der Waals surface area contributed by atoms with Crippen LogP contribution in [0.4, 0.5) is 11.5 Å². The van der Waals surface area contributed by atoms with Gasteiger partial charge in [-0.1, -0.05) is 17.3 Å². The lowest BCUT2D eigenvalue weighted by molar-refractivity contribution is 0.318. The Bertz CT molecular complexity index is 628. The summed E-state index contributed by atoms with van der Waals surface area (Å²) in [6.45, 7) is 0. The van der Waals surface area contributed by atoms with Crippen molar-refractivity contribution in [1.82, 2.24) is 4.98 Å². The fraction of sp³-hybridized carbons (Fsp3) is 0.143. The Labute approximate surface area is 117 Å². The number of aromatic nitrogens is 1. The first-order valence-electron chi connectivity index (χ1n) is 5.98. The summed E-state index contributed by atoms with van der Waals surface area (Å²) in [5.74, 6) is 1.33. The molecule has 0 bridgehead atoms. The first kappa shape index (κ1) is 13.7. The van der Waals surface area contributed by atoms with Gasteiger partial charge in [-0.25, -0.2) is 4.98 Å². The van der Waals surface area contributed by atoms with Crippen molar-refractivity contribution in [1.29, 1.82) is 0 Å². The maximum absolute atomic E-state index is 8.87. The molecule has 2 rings (SSSR count). The van der Waals surface area contributed by atoms with Crippen LogP contribution in [-0.2, 0) is 0 Å². The van der Waals surface area contributed by atoms with Gasteiger partial charge in [0, 0.05) is 18.8 Å². The van der Waals surface area contributed by atoms with Crippen LogP contribution in [0.5, 0.6) is 5.75 Å². The van der Waals surface area contributed by atoms with E-state index in [1.54, 1.807) is 25.4 Å². The van der Waals surface area contributed by atoms with E-state index in [-0.39, 0.29) is 5.84 Å². The summed E-state index contributed by atoms with van der Waals surface area (Å²) in [4.78, 5) is 6.14. The standard InChI is InChI=1S/C14H16N4O2/c1-18(14-12(20-2)8-5-9-16-14)11-7-4-3-6-10(11)13(15)17-19/h3-9,19H,1-2H3,(H2,15,17). The van der Waals surface area contributed by atoms with E-state index < -0.39 is 0 Å². The highest BCUT2D eigenvalue weighted by molar-refractivity contribution is 6.02. The van der Waals surface area contributed by atoms with Gasteiger partial charge in [-0.2, -0.15) is 0 Å². The van der Waals surface area contributed by atoms with Crippen LogP contribution in [0, 0.1) is 0 Å².